The summed E-state index contributed by atoms with van der Waals surface area (Å²) in [7, 11) is 0. The fourth-order valence-electron chi connectivity index (χ4n) is 4.32. The summed E-state index contributed by atoms with van der Waals surface area (Å²) in [6.07, 6.45) is -0.843. The molecule has 182 valence electrons. The van der Waals surface area contributed by atoms with Crippen LogP contribution in [0.1, 0.15) is 42.1 Å². The largest absolute Gasteiger partial charge is 0.528 e. The Bertz CT molecular complexity index is 1210. The highest BCUT2D eigenvalue weighted by Gasteiger charge is 2.42. The van der Waals surface area contributed by atoms with Crippen LogP contribution in [0.5, 0.6) is 5.75 Å². The summed E-state index contributed by atoms with van der Waals surface area (Å²) in [4.78, 5) is 29.6. The lowest BCUT2D eigenvalue weighted by Crippen LogP contribution is -2.46. The van der Waals surface area contributed by atoms with Gasteiger partial charge >= 0.3 is 12.1 Å². The molecule has 7 nitrogen and oxygen atoms in total. The molecule has 0 spiro atoms. The van der Waals surface area contributed by atoms with Gasteiger partial charge in [-0.2, -0.15) is 0 Å². The van der Waals surface area contributed by atoms with Gasteiger partial charge < -0.3 is 19.4 Å². The van der Waals surface area contributed by atoms with Gasteiger partial charge in [0.15, 0.2) is 6.61 Å². The fourth-order valence-corrected chi connectivity index (χ4v) is 4.50. The number of hydrogen-bond donors (Lipinski definition) is 1. The Balaban J connectivity index is 1.69. The zero-order valence-corrected chi connectivity index (χ0v) is 20.2. The van der Waals surface area contributed by atoms with Gasteiger partial charge in [-0.3, -0.25) is 0 Å². The first-order chi connectivity index (χ1) is 16.7. The molecule has 1 atom stereocenters. The van der Waals surface area contributed by atoms with E-state index in [1.807, 2.05) is 54.6 Å². The number of carbonyl (C=O) groups is 2. The van der Waals surface area contributed by atoms with Gasteiger partial charge in [0.25, 0.3) is 0 Å². The van der Waals surface area contributed by atoms with Gasteiger partial charge in [-0.1, -0.05) is 80.0 Å². The standard InChI is InChI=1S/C27H26ClNO6/c1-27(2)17-29(35-26(32)34-15-18-8-4-3-5-9-18)25(20-10-6-7-11-22(20)27)21-14-19(28)12-13-23(21)33-16-24(30)31/h3-14,25H,15-17H2,1-2H3,(H,30,31). The molecule has 35 heavy (non-hydrogen) atoms. The SMILES string of the molecule is CC1(C)CN(OC(=O)OCc2ccccc2)C(c2cc(Cl)ccc2OCC(=O)O)c2ccccc21. The summed E-state index contributed by atoms with van der Waals surface area (Å²) < 4.78 is 10.9. The van der Waals surface area contributed by atoms with Crippen molar-refractivity contribution in [3.8, 4) is 5.75 Å². The quantitative estimate of drug-likeness (QED) is 0.417. The van der Waals surface area contributed by atoms with Crippen LogP contribution in [-0.4, -0.2) is 35.4 Å². The highest BCUT2D eigenvalue weighted by molar-refractivity contribution is 6.30. The monoisotopic (exact) mass is 495 g/mol. The van der Waals surface area contributed by atoms with Crippen LogP contribution in [0.2, 0.25) is 5.02 Å². The average molecular weight is 496 g/mol. The minimum atomic E-state index is -1.10. The molecule has 0 bridgehead atoms. The maximum atomic E-state index is 12.7. The Morgan fingerprint density at radius 3 is 2.49 bits per heavy atom. The van der Waals surface area contributed by atoms with Gasteiger partial charge in [0.05, 0.1) is 0 Å². The second kappa shape index (κ2) is 10.4. The van der Waals surface area contributed by atoms with Gasteiger partial charge in [0, 0.05) is 22.5 Å². The van der Waals surface area contributed by atoms with Crippen molar-refractivity contribution < 1.29 is 29.0 Å². The summed E-state index contributed by atoms with van der Waals surface area (Å²) in [6, 6.07) is 21.5. The lowest BCUT2D eigenvalue weighted by molar-refractivity contribution is -0.163. The number of hydroxylamine groups is 2. The van der Waals surface area contributed by atoms with Crippen molar-refractivity contribution in [1.29, 1.82) is 0 Å². The van der Waals surface area contributed by atoms with E-state index in [9.17, 15) is 9.59 Å². The normalized spacial score (nSPS) is 16.7. The summed E-state index contributed by atoms with van der Waals surface area (Å²) >= 11 is 6.33. The van der Waals surface area contributed by atoms with Crippen molar-refractivity contribution in [2.24, 2.45) is 0 Å². The number of fused-ring (bicyclic) bond motifs is 1. The highest BCUT2D eigenvalue weighted by Crippen LogP contribution is 2.45. The maximum absolute atomic E-state index is 12.7. The third-order valence-electron chi connectivity index (χ3n) is 5.83. The zero-order valence-electron chi connectivity index (χ0n) is 19.4. The number of aliphatic carboxylic acids is 1. The Hall–Kier alpha value is -3.55. The molecule has 0 saturated heterocycles. The van der Waals surface area contributed by atoms with E-state index in [1.165, 1.54) is 0 Å². The minimum Gasteiger partial charge on any atom is -0.482 e. The first kappa shape index (κ1) is 24.6. The van der Waals surface area contributed by atoms with Crippen LogP contribution in [0.15, 0.2) is 72.8 Å². The van der Waals surface area contributed by atoms with Crippen LogP contribution >= 0.6 is 11.6 Å². The number of nitrogens with zero attached hydrogens (tertiary/aromatic N) is 1. The number of carboxylic acid groups (broad SMARTS) is 1. The molecule has 1 unspecified atom stereocenters. The van der Waals surface area contributed by atoms with Crippen LogP contribution in [-0.2, 0) is 26.4 Å². The number of rotatable bonds is 7. The molecule has 8 heteroatoms. The predicted molar refractivity (Wildman–Crippen MR) is 130 cm³/mol. The highest BCUT2D eigenvalue weighted by atomic mass is 35.5. The van der Waals surface area contributed by atoms with Crippen LogP contribution in [0, 0.1) is 0 Å². The molecule has 0 fully saturated rings. The molecule has 1 aliphatic rings. The lowest BCUT2D eigenvalue weighted by atomic mass is 9.75. The van der Waals surface area contributed by atoms with Crippen LogP contribution in [0.4, 0.5) is 4.79 Å². The van der Waals surface area contributed by atoms with Gasteiger partial charge in [0.2, 0.25) is 0 Å². The summed E-state index contributed by atoms with van der Waals surface area (Å²) in [6.45, 7) is 4.04. The average Bonchev–Trinajstić information content (AvgIpc) is 2.82. The summed E-state index contributed by atoms with van der Waals surface area (Å²) in [5.41, 5.74) is 3.03. The third kappa shape index (κ3) is 5.75. The number of hydrogen-bond acceptors (Lipinski definition) is 6. The molecule has 3 aromatic carbocycles. The number of ether oxygens (including phenoxy) is 2. The molecule has 0 aromatic heterocycles. The lowest BCUT2D eigenvalue weighted by Gasteiger charge is -2.43. The van der Waals surface area contributed by atoms with E-state index in [0.29, 0.717) is 22.9 Å². The first-order valence-electron chi connectivity index (χ1n) is 11.1. The van der Waals surface area contributed by atoms with Crippen molar-refractivity contribution in [1.82, 2.24) is 5.06 Å². The van der Waals surface area contributed by atoms with Gasteiger partial charge in [-0.15, -0.1) is 5.06 Å². The van der Waals surface area contributed by atoms with E-state index >= 15 is 0 Å². The first-order valence-corrected chi connectivity index (χ1v) is 11.5. The van der Waals surface area contributed by atoms with E-state index in [0.717, 1.165) is 16.7 Å². The Labute approximate surface area is 208 Å². The van der Waals surface area contributed by atoms with Crippen LogP contribution < -0.4 is 4.74 Å². The van der Waals surface area contributed by atoms with Crippen molar-refractivity contribution in [3.63, 3.8) is 0 Å². The van der Waals surface area contributed by atoms with E-state index in [2.05, 4.69) is 13.8 Å². The Morgan fingerprint density at radius 1 is 1.03 bits per heavy atom. The van der Waals surface area contributed by atoms with Gasteiger partial charge in [0.1, 0.15) is 18.4 Å². The molecule has 4 rings (SSSR count). The van der Waals surface area contributed by atoms with Crippen molar-refractivity contribution in [2.75, 3.05) is 13.2 Å². The summed E-state index contributed by atoms with van der Waals surface area (Å²) in [5, 5.41) is 11.1. The van der Waals surface area contributed by atoms with Gasteiger partial charge in [-0.25, -0.2) is 9.59 Å². The molecule has 0 aliphatic carbocycles. The number of carboxylic acids is 1. The molecular formula is C27H26ClNO6. The molecule has 1 heterocycles. The molecule has 1 N–H and O–H groups in total. The molecule has 1 aliphatic heterocycles. The van der Waals surface area contributed by atoms with Crippen molar-refractivity contribution >= 4 is 23.7 Å². The maximum Gasteiger partial charge on any atom is 0.528 e. The molecule has 3 aromatic rings. The fraction of sp³-hybridized carbons (Fsp3) is 0.259. The second-order valence-electron chi connectivity index (χ2n) is 8.93. The van der Waals surface area contributed by atoms with Crippen LogP contribution in [0.25, 0.3) is 0 Å². The van der Waals surface area contributed by atoms with Gasteiger partial charge in [-0.05, 0) is 34.9 Å². The molecule has 0 saturated carbocycles. The molecular weight excluding hydrogens is 470 g/mol. The van der Waals surface area contributed by atoms with E-state index in [1.54, 1.807) is 23.3 Å². The number of carbonyl (C=O) groups excluding carboxylic acids is 1. The molecule has 0 amide bonds. The molecule has 0 radical (unpaired) electrons. The third-order valence-corrected chi connectivity index (χ3v) is 6.07. The summed E-state index contributed by atoms with van der Waals surface area (Å²) in [5.74, 6) is -0.767. The minimum absolute atomic E-state index is 0.0717. The Morgan fingerprint density at radius 2 is 1.74 bits per heavy atom. The van der Waals surface area contributed by atoms with E-state index in [-0.39, 0.29) is 12.0 Å². The number of benzene rings is 3. The second-order valence-corrected chi connectivity index (χ2v) is 9.37. The van der Waals surface area contributed by atoms with E-state index < -0.39 is 24.8 Å². The Kier molecular flexibility index (Phi) is 7.28. The van der Waals surface area contributed by atoms with Crippen molar-refractivity contribution in [2.45, 2.75) is 31.9 Å². The van der Waals surface area contributed by atoms with Crippen LogP contribution in [0.3, 0.4) is 0 Å². The zero-order chi connectivity index (χ0) is 25.0. The van der Waals surface area contributed by atoms with E-state index in [4.69, 9.17) is 31.0 Å². The topological polar surface area (TPSA) is 85.3 Å². The smallest absolute Gasteiger partial charge is 0.482 e. The number of halogens is 1. The predicted octanol–water partition coefficient (Wildman–Crippen LogP) is 5.75. The van der Waals surface area contributed by atoms with Crippen molar-refractivity contribution in [3.05, 3.63) is 100 Å².